The highest BCUT2D eigenvalue weighted by Gasteiger charge is 2.05. The van der Waals surface area contributed by atoms with Crippen LogP contribution in [0.3, 0.4) is 0 Å². The monoisotopic (exact) mass is 326 g/mol. The first-order valence-corrected chi connectivity index (χ1v) is 7.07. The van der Waals surface area contributed by atoms with Crippen LogP contribution in [0, 0.1) is 0 Å². The number of rotatable bonds is 4. The van der Waals surface area contributed by atoms with Gasteiger partial charge in [0.1, 0.15) is 6.33 Å². The van der Waals surface area contributed by atoms with Crippen molar-refractivity contribution in [1.29, 1.82) is 0 Å². The molecule has 1 aromatic carbocycles. The van der Waals surface area contributed by atoms with E-state index >= 15 is 0 Å². The molecule has 8 heteroatoms. The number of aliphatic imine (C=N–C) groups is 1. The number of aryl methyl sites for hydroxylation is 1. The second-order valence-corrected chi connectivity index (χ2v) is 5.22. The standard InChI is InChI=1S/C13H16Cl2N6/c1-16-13(18-7-12-20-19-8-21(12)2)17-6-9-3-4-10(14)5-11(9)15/h3-5,8H,6-7H2,1-2H3,(H2,16,17,18). The first kappa shape index (κ1) is 15.6. The molecule has 0 radical (unpaired) electrons. The maximum absolute atomic E-state index is 6.13. The van der Waals surface area contributed by atoms with E-state index < -0.39 is 0 Å². The van der Waals surface area contributed by atoms with Crippen LogP contribution in [-0.2, 0) is 20.1 Å². The molecule has 0 aliphatic heterocycles. The van der Waals surface area contributed by atoms with Crippen LogP contribution in [0.1, 0.15) is 11.4 Å². The van der Waals surface area contributed by atoms with E-state index in [1.54, 1.807) is 25.5 Å². The van der Waals surface area contributed by atoms with Crippen LogP contribution < -0.4 is 10.6 Å². The molecule has 0 atom stereocenters. The zero-order chi connectivity index (χ0) is 15.2. The maximum Gasteiger partial charge on any atom is 0.191 e. The Morgan fingerprint density at radius 2 is 2.05 bits per heavy atom. The minimum absolute atomic E-state index is 0.532. The van der Waals surface area contributed by atoms with Crippen molar-refractivity contribution in [2.24, 2.45) is 12.0 Å². The van der Waals surface area contributed by atoms with Gasteiger partial charge in [-0.25, -0.2) is 0 Å². The molecule has 0 fully saturated rings. The van der Waals surface area contributed by atoms with Gasteiger partial charge in [-0.05, 0) is 17.7 Å². The summed E-state index contributed by atoms with van der Waals surface area (Å²) in [6.07, 6.45) is 1.65. The minimum atomic E-state index is 0.532. The second-order valence-electron chi connectivity index (χ2n) is 4.37. The van der Waals surface area contributed by atoms with Crippen molar-refractivity contribution < 1.29 is 0 Å². The molecular weight excluding hydrogens is 311 g/mol. The minimum Gasteiger partial charge on any atom is -0.352 e. The lowest BCUT2D eigenvalue weighted by atomic mass is 10.2. The Kier molecular flexibility index (Phi) is 5.41. The Hall–Kier alpha value is -1.79. The number of hydrogen-bond acceptors (Lipinski definition) is 3. The quantitative estimate of drug-likeness (QED) is 0.666. The predicted octanol–water partition coefficient (Wildman–Crippen LogP) is 1.99. The number of halogens is 2. The van der Waals surface area contributed by atoms with Crippen molar-refractivity contribution in [1.82, 2.24) is 25.4 Å². The number of nitrogens with one attached hydrogen (secondary N) is 2. The number of guanidine groups is 1. The second kappa shape index (κ2) is 7.28. The van der Waals surface area contributed by atoms with Crippen molar-refractivity contribution in [3.8, 4) is 0 Å². The van der Waals surface area contributed by atoms with Crippen molar-refractivity contribution >= 4 is 29.2 Å². The van der Waals surface area contributed by atoms with Gasteiger partial charge in [0.15, 0.2) is 11.8 Å². The van der Waals surface area contributed by atoms with Crippen molar-refractivity contribution in [2.75, 3.05) is 7.05 Å². The molecule has 0 aliphatic rings. The normalized spacial score (nSPS) is 11.5. The Bertz CT molecular complexity index is 637. The van der Waals surface area contributed by atoms with Crippen molar-refractivity contribution in [2.45, 2.75) is 13.1 Å². The molecule has 0 spiro atoms. The molecule has 0 saturated carbocycles. The summed E-state index contributed by atoms with van der Waals surface area (Å²) < 4.78 is 1.84. The van der Waals surface area contributed by atoms with Gasteiger partial charge in [0.05, 0.1) is 6.54 Å². The van der Waals surface area contributed by atoms with Crippen LogP contribution in [0.2, 0.25) is 10.0 Å². The third-order valence-electron chi connectivity index (χ3n) is 2.90. The third kappa shape index (κ3) is 4.34. The van der Waals surface area contributed by atoms with E-state index in [2.05, 4.69) is 25.8 Å². The van der Waals surface area contributed by atoms with E-state index in [1.807, 2.05) is 17.7 Å². The zero-order valence-corrected chi connectivity index (χ0v) is 13.3. The van der Waals surface area contributed by atoms with Crippen LogP contribution in [0.5, 0.6) is 0 Å². The van der Waals surface area contributed by atoms with Crippen LogP contribution >= 0.6 is 23.2 Å². The lowest BCUT2D eigenvalue weighted by molar-refractivity contribution is 0.725. The highest BCUT2D eigenvalue weighted by Crippen LogP contribution is 2.20. The molecule has 0 bridgehead atoms. The van der Waals surface area contributed by atoms with Crippen molar-refractivity contribution in [3.63, 3.8) is 0 Å². The van der Waals surface area contributed by atoms with Gasteiger partial charge in [0.2, 0.25) is 0 Å². The predicted molar refractivity (Wildman–Crippen MR) is 84.5 cm³/mol. The average molecular weight is 327 g/mol. The lowest BCUT2D eigenvalue weighted by Crippen LogP contribution is -2.36. The van der Waals surface area contributed by atoms with Crippen LogP contribution in [0.15, 0.2) is 29.5 Å². The fourth-order valence-electron chi connectivity index (χ4n) is 1.69. The molecule has 2 rings (SSSR count). The van der Waals surface area contributed by atoms with Gasteiger partial charge in [0.25, 0.3) is 0 Å². The number of aromatic nitrogens is 3. The summed E-state index contributed by atoms with van der Waals surface area (Å²) in [6, 6.07) is 5.41. The SMILES string of the molecule is CN=C(NCc1ccc(Cl)cc1Cl)NCc1nncn1C. The Labute approximate surface area is 133 Å². The highest BCUT2D eigenvalue weighted by atomic mass is 35.5. The fourth-order valence-corrected chi connectivity index (χ4v) is 2.17. The lowest BCUT2D eigenvalue weighted by Gasteiger charge is -2.12. The van der Waals surface area contributed by atoms with Gasteiger partial charge in [-0.3, -0.25) is 4.99 Å². The van der Waals surface area contributed by atoms with Crippen LogP contribution in [0.25, 0.3) is 0 Å². The first-order chi connectivity index (χ1) is 10.1. The van der Waals surface area contributed by atoms with Gasteiger partial charge in [-0.15, -0.1) is 10.2 Å². The Morgan fingerprint density at radius 3 is 2.67 bits per heavy atom. The molecule has 0 amide bonds. The molecule has 112 valence electrons. The number of nitrogens with zero attached hydrogens (tertiary/aromatic N) is 4. The Balaban J connectivity index is 1.89. The van der Waals surface area contributed by atoms with E-state index in [1.165, 1.54) is 0 Å². The average Bonchev–Trinajstić information content (AvgIpc) is 2.86. The highest BCUT2D eigenvalue weighted by molar-refractivity contribution is 6.35. The third-order valence-corrected chi connectivity index (χ3v) is 3.49. The molecule has 2 N–H and O–H groups in total. The molecule has 0 saturated heterocycles. The summed E-state index contributed by atoms with van der Waals surface area (Å²) in [5, 5.41) is 15.4. The van der Waals surface area contributed by atoms with E-state index in [4.69, 9.17) is 23.2 Å². The van der Waals surface area contributed by atoms with Crippen molar-refractivity contribution in [3.05, 3.63) is 46.0 Å². The van der Waals surface area contributed by atoms with E-state index in [-0.39, 0.29) is 0 Å². The van der Waals surface area contributed by atoms with Crippen LogP contribution in [0.4, 0.5) is 0 Å². The molecule has 1 aromatic heterocycles. The van der Waals surface area contributed by atoms with E-state index in [9.17, 15) is 0 Å². The topological polar surface area (TPSA) is 67.1 Å². The van der Waals surface area contributed by atoms with Gasteiger partial charge >= 0.3 is 0 Å². The molecule has 2 aromatic rings. The largest absolute Gasteiger partial charge is 0.352 e. The fraction of sp³-hybridized carbons (Fsp3) is 0.308. The summed E-state index contributed by atoms with van der Waals surface area (Å²) >= 11 is 12.0. The summed E-state index contributed by atoms with van der Waals surface area (Å²) in [5.74, 6) is 1.48. The summed E-state index contributed by atoms with van der Waals surface area (Å²) in [4.78, 5) is 4.15. The Morgan fingerprint density at radius 1 is 1.29 bits per heavy atom. The van der Waals surface area contributed by atoms with E-state index in [0.29, 0.717) is 29.1 Å². The summed E-state index contributed by atoms with van der Waals surface area (Å²) in [6.45, 7) is 1.08. The molecule has 21 heavy (non-hydrogen) atoms. The smallest absolute Gasteiger partial charge is 0.191 e. The van der Waals surface area contributed by atoms with E-state index in [0.717, 1.165) is 11.4 Å². The van der Waals surface area contributed by atoms with Crippen LogP contribution in [-0.4, -0.2) is 27.8 Å². The van der Waals surface area contributed by atoms with Gasteiger partial charge in [-0.2, -0.15) is 0 Å². The zero-order valence-electron chi connectivity index (χ0n) is 11.8. The van der Waals surface area contributed by atoms with Gasteiger partial charge < -0.3 is 15.2 Å². The molecule has 1 heterocycles. The summed E-state index contributed by atoms with van der Waals surface area (Å²) in [5.41, 5.74) is 0.947. The number of hydrogen-bond donors (Lipinski definition) is 2. The molecule has 0 aliphatic carbocycles. The summed E-state index contributed by atoms with van der Waals surface area (Å²) in [7, 11) is 3.59. The number of benzene rings is 1. The maximum atomic E-state index is 6.13. The first-order valence-electron chi connectivity index (χ1n) is 6.31. The van der Waals surface area contributed by atoms with Gasteiger partial charge in [0, 0.05) is 30.7 Å². The molecule has 0 unspecified atom stereocenters. The molecule has 6 nitrogen and oxygen atoms in total. The van der Waals surface area contributed by atoms with Gasteiger partial charge in [-0.1, -0.05) is 29.3 Å². The molecular formula is C13H16Cl2N6.